The zero-order chi connectivity index (χ0) is 16.8. The van der Waals surface area contributed by atoms with Crippen molar-refractivity contribution in [1.82, 2.24) is 20.0 Å². The summed E-state index contributed by atoms with van der Waals surface area (Å²) in [5.41, 5.74) is 0. The van der Waals surface area contributed by atoms with E-state index in [2.05, 4.69) is 33.9 Å². The lowest BCUT2D eigenvalue weighted by Crippen LogP contribution is -2.56. The molecule has 6 heteroatoms. The lowest BCUT2D eigenvalue weighted by Gasteiger charge is -2.40. The minimum Gasteiger partial charge on any atom is -0.392 e. The van der Waals surface area contributed by atoms with Gasteiger partial charge in [0.25, 0.3) is 0 Å². The van der Waals surface area contributed by atoms with Crippen molar-refractivity contribution in [2.24, 2.45) is 0 Å². The predicted molar refractivity (Wildman–Crippen MR) is 92.4 cm³/mol. The zero-order valence-corrected chi connectivity index (χ0v) is 15.0. The fourth-order valence-electron chi connectivity index (χ4n) is 3.69. The highest BCUT2D eigenvalue weighted by Crippen LogP contribution is 2.11. The molecule has 23 heavy (non-hydrogen) atoms. The van der Waals surface area contributed by atoms with Crippen LogP contribution in [0.4, 0.5) is 0 Å². The summed E-state index contributed by atoms with van der Waals surface area (Å²) in [5, 5.41) is 12.7. The van der Waals surface area contributed by atoms with E-state index in [0.717, 1.165) is 58.7 Å². The minimum atomic E-state index is -0.290. The molecule has 0 unspecified atom stereocenters. The number of hydrogen-bond donors (Lipinski definition) is 2. The van der Waals surface area contributed by atoms with Gasteiger partial charge in [-0.15, -0.1) is 0 Å². The number of rotatable bonds is 6. The summed E-state index contributed by atoms with van der Waals surface area (Å²) in [6.07, 6.45) is 1.84. The van der Waals surface area contributed by atoms with E-state index >= 15 is 0 Å². The molecule has 2 atom stereocenters. The van der Waals surface area contributed by atoms with Crippen molar-refractivity contribution >= 4 is 5.91 Å². The van der Waals surface area contributed by atoms with Crippen LogP contribution >= 0.6 is 0 Å². The summed E-state index contributed by atoms with van der Waals surface area (Å²) in [4.78, 5) is 19.3. The van der Waals surface area contributed by atoms with E-state index < -0.39 is 0 Å². The maximum atomic E-state index is 12.3. The monoisotopic (exact) mass is 326 g/mol. The zero-order valence-electron chi connectivity index (χ0n) is 15.0. The molecule has 0 radical (unpaired) electrons. The third-order valence-corrected chi connectivity index (χ3v) is 5.12. The van der Waals surface area contributed by atoms with E-state index in [0.29, 0.717) is 18.6 Å². The highest BCUT2D eigenvalue weighted by Gasteiger charge is 2.26. The van der Waals surface area contributed by atoms with Gasteiger partial charge in [-0.2, -0.15) is 0 Å². The van der Waals surface area contributed by atoms with Crippen LogP contribution in [0.15, 0.2) is 0 Å². The maximum absolute atomic E-state index is 12.3. The quantitative estimate of drug-likeness (QED) is 0.718. The first-order valence-electron chi connectivity index (χ1n) is 9.14. The summed E-state index contributed by atoms with van der Waals surface area (Å²) >= 11 is 0. The van der Waals surface area contributed by atoms with E-state index in [1.165, 1.54) is 0 Å². The highest BCUT2D eigenvalue weighted by atomic mass is 16.3. The van der Waals surface area contributed by atoms with Gasteiger partial charge in [-0.05, 0) is 33.2 Å². The van der Waals surface area contributed by atoms with Crippen molar-refractivity contribution in [2.45, 2.75) is 51.8 Å². The van der Waals surface area contributed by atoms with Crippen molar-refractivity contribution in [2.75, 3.05) is 52.4 Å². The largest absolute Gasteiger partial charge is 0.392 e. The second-order valence-corrected chi connectivity index (χ2v) is 7.20. The first kappa shape index (κ1) is 18.6. The second kappa shape index (κ2) is 8.97. The van der Waals surface area contributed by atoms with Crippen LogP contribution in [0.5, 0.6) is 0 Å². The molecule has 2 N–H and O–H groups in total. The number of piperazine rings is 1. The molecule has 0 spiro atoms. The third-order valence-electron chi connectivity index (χ3n) is 5.12. The molecule has 6 nitrogen and oxygen atoms in total. The van der Waals surface area contributed by atoms with Crippen molar-refractivity contribution in [3.8, 4) is 0 Å². The summed E-state index contributed by atoms with van der Waals surface area (Å²) in [6.45, 7) is 13.4. The lowest BCUT2D eigenvalue weighted by molar-refractivity contribution is -0.124. The smallest absolute Gasteiger partial charge is 0.234 e. The molecular formula is C17H34N4O2. The Balaban J connectivity index is 1.68. The average Bonchev–Trinajstić information content (AvgIpc) is 2.50. The summed E-state index contributed by atoms with van der Waals surface area (Å²) in [6, 6.07) is 0.734. The van der Waals surface area contributed by atoms with Gasteiger partial charge in [0.15, 0.2) is 0 Å². The van der Waals surface area contributed by atoms with Gasteiger partial charge in [0, 0.05) is 51.4 Å². The fraction of sp³-hybridized carbons (Fsp3) is 0.941. The third kappa shape index (κ3) is 6.03. The molecule has 2 fully saturated rings. The molecule has 0 aromatic rings. The number of carbonyl (C=O) groups excluding carboxylic acids is 1. The number of carbonyl (C=O) groups is 1. The number of β-amino-alcohol motifs (C(OH)–C–C–N with tert-alkyl or cyclic N) is 1. The Labute approximate surface area is 140 Å². The molecule has 2 rings (SSSR count). The Kier molecular flexibility index (Phi) is 7.27. The Bertz CT molecular complexity index is 370. The summed E-state index contributed by atoms with van der Waals surface area (Å²) in [7, 11) is 0. The number of nitrogens with one attached hydrogen (secondary N) is 1. The van der Waals surface area contributed by atoms with E-state index in [4.69, 9.17) is 0 Å². The molecule has 0 aliphatic carbocycles. The van der Waals surface area contributed by atoms with Gasteiger partial charge >= 0.3 is 0 Å². The van der Waals surface area contributed by atoms with E-state index in [1.807, 2.05) is 6.92 Å². The molecule has 134 valence electrons. The van der Waals surface area contributed by atoms with Crippen molar-refractivity contribution in [3.63, 3.8) is 0 Å². The van der Waals surface area contributed by atoms with Gasteiger partial charge < -0.3 is 15.3 Å². The van der Waals surface area contributed by atoms with Crippen molar-refractivity contribution < 1.29 is 9.90 Å². The first-order valence-corrected chi connectivity index (χ1v) is 9.14. The average molecular weight is 326 g/mol. The Hall–Kier alpha value is -0.690. The van der Waals surface area contributed by atoms with Gasteiger partial charge in [-0.3, -0.25) is 14.6 Å². The van der Waals surface area contributed by atoms with E-state index in [9.17, 15) is 9.90 Å². The molecule has 1 amide bonds. The number of nitrogens with zero attached hydrogens (tertiary/aromatic N) is 3. The van der Waals surface area contributed by atoms with Crippen LogP contribution in [-0.4, -0.2) is 96.3 Å². The molecule has 0 aromatic carbocycles. The van der Waals surface area contributed by atoms with E-state index in [-0.39, 0.29) is 12.0 Å². The van der Waals surface area contributed by atoms with Crippen molar-refractivity contribution in [3.05, 3.63) is 0 Å². The number of amides is 1. The molecule has 0 aromatic heterocycles. The summed E-state index contributed by atoms with van der Waals surface area (Å²) in [5.74, 6) is 0.163. The Morgan fingerprint density at radius 2 is 1.91 bits per heavy atom. The van der Waals surface area contributed by atoms with Gasteiger partial charge in [0.05, 0.1) is 12.6 Å². The predicted octanol–water partition coefficient (Wildman–Crippen LogP) is -0.0262. The number of likely N-dealkylation sites (tertiary alicyclic amines) is 1. The molecule has 0 bridgehead atoms. The number of aliphatic hydroxyl groups is 1. The van der Waals surface area contributed by atoms with Crippen molar-refractivity contribution in [1.29, 1.82) is 0 Å². The van der Waals surface area contributed by atoms with Crippen LogP contribution < -0.4 is 5.32 Å². The first-order chi connectivity index (χ1) is 11.0. The lowest BCUT2D eigenvalue weighted by atomic mass is 10.1. The van der Waals surface area contributed by atoms with Crippen LogP contribution in [0, 0.1) is 0 Å². The minimum absolute atomic E-state index is 0.163. The van der Waals surface area contributed by atoms with E-state index in [1.54, 1.807) is 0 Å². The molecule has 2 heterocycles. The van der Waals surface area contributed by atoms with Crippen LogP contribution in [0.1, 0.15) is 33.6 Å². The van der Waals surface area contributed by atoms with Gasteiger partial charge in [0.1, 0.15) is 0 Å². The second-order valence-electron chi connectivity index (χ2n) is 7.20. The molecular weight excluding hydrogens is 292 g/mol. The number of aliphatic hydroxyl groups excluding tert-OH is 1. The maximum Gasteiger partial charge on any atom is 0.234 e. The molecule has 2 aliphatic rings. The SMILES string of the molecule is CCN1CCC(NC(=O)CN2CCN(C[C@@H](C)O)[C@H](C)C2)CC1. The molecule has 2 aliphatic heterocycles. The van der Waals surface area contributed by atoms with Gasteiger partial charge in [-0.25, -0.2) is 0 Å². The number of piperidine rings is 1. The highest BCUT2D eigenvalue weighted by molar-refractivity contribution is 5.78. The normalized spacial score (nSPS) is 27.0. The van der Waals surface area contributed by atoms with Crippen LogP contribution in [0.25, 0.3) is 0 Å². The number of hydrogen-bond acceptors (Lipinski definition) is 5. The summed E-state index contributed by atoms with van der Waals surface area (Å²) < 4.78 is 0. The fourth-order valence-corrected chi connectivity index (χ4v) is 3.69. The van der Waals surface area contributed by atoms with Gasteiger partial charge in [-0.1, -0.05) is 6.92 Å². The van der Waals surface area contributed by atoms with Crippen LogP contribution in [-0.2, 0) is 4.79 Å². The topological polar surface area (TPSA) is 59.1 Å². The van der Waals surface area contributed by atoms with Gasteiger partial charge in [0.2, 0.25) is 5.91 Å². The molecule has 0 saturated carbocycles. The standard InChI is InChI=1S/C17H34N4O2/c1-4-19-7-5-16(6-8-19)18-17(23)13-20-9-10-21(12-15(3)22)14(2)11-20/h14-16,22H,4-13H2,1-3H3,(H,18,23)/t14-,15-/m1/s1. The Morgan fingerprint density at radius 1 is 1.22 bits per heavy atom. The van der Waals surface area contributed by atoms with Crippen LogP contribution in [0.2, 0.25) is 0 Å². The Morgan fingerprint density at radius 3 is 2.48 bits per heavy atom. The molecule has 2 saturated heterocycles. The van der Waals surface area contributed by atoms with Crippen LogP contribution in [0.3, 0.4) is 0 Å².